The molecule has 0 radical (unpaired) electrons. The molecule has 0 aliphatic heterocycles. The number of nitrogens with one attached hydrogen (secondary N) is 2. The van der Waals surface area contributed by atoms with Crippen LogP contribution in [-0.4, -0.2) is 22.7 Å². The lowest BCUT2D eigenvalue weighted by atomic mass is 10.2. The summed E-state index contributed by atoms with van der Waals surface area (Å²) in [4.78, 5) is 11.8. The Morgan fingerprint density at radius 3 is 2.50 bits per heavy atom. The average Bonchev–Trinajstić information content (AvgIpc) is 2.70. The molecule has 0 aliphatic rings. The Morgan fingerprint density at radius 1 is 1.31 bits per heavy atom. The monoisotopic (exact) mass is 223 g/mol. The van der Waals surface area contributed by atoms with Gasteiger partial charge in [0.1, 0.15) is 6.04 Å². The molecule has 0 bridgehead atoms. The second kappa shape index (κ2) is 6.20. The fourth-order valence-corrected chi connectivity index (χ4v) is 1.58. The first-order chi connectivity index (χ1) is 7.63. The first-order valence-corrected chi connectivity index (χ1v) is 5.83. The van der Waals surface area contributed by atoms with Crippen LogP contribution in [0.3, 0.4) is 0 Å². The summed E-state index contributed by atoms with van der Waals surface area (Å²) in [5, 5.41) is 2.98. The van der Waals surface area contributed by atoms with Crippen molar-refractivity contribution in [3.63, 3.8) is 0 Å². The van der Waals surface area contributed by atoms with Gasteiger partial charge >= 0.3 is 0 Å². The van der Waals surface area contributed by atoms with Crippen LogP contribution in [-0.2, 0) is 4.79 Å². The zero-order valence-corrected chi connectivity index (χ0v) is 10.2. The second-order valence-corrected chi connectivity index (χ2v) is 4.14. The molecule has 2 unspecified atom stereocenters. The van der Waals surface area contributed by atoms with Gasteiger partial charge in [-0.3, -0.25) is 9.47 Å². The van der Waals surface area contributed by atoms with E-state index in [0.717, 1.165) is 12.8 Å². The summed E-state index contributed by atoms with van der Waals surface area (Å²) in [7, 11) is 0. The van der Waals surface area contributed by atoms with E-state index in [-0.39, 0.29) is 18.0 Å². The van der Waals surface area contributed by atoms with Gasteiger partial charge in [0.25, 0.3) is 0 Å². The summed E-state index contributed by atoms with van der Waals surface area (Å²) in [6.07, 6.45) is 5.85. The predicted octanol–water partition coefficient (Wildman–Crippen LogP) is 1.72. The van der Waals surface area contributed by atoms with Gasteiger partial charge in [0.2, 0.25) is 5.91 Å². The molecule has 4 heteroatoms. The fourth-order valence-electron chi connectivity index (χ4n) is 1.58. The number of rotatable bonds is 6. The quantitative estimate of drug-likeness (QED) is 0.771. The third-order valence-corrected chi connectivity index (χ3v) is 2.45. The Hall–Kier alpha value is -1.45. The van der Waals surface area contributed by atoms with Crippen LogP contribution in [0, 0.1) is 0 Å². The zero-order valence-electron chi connectivity index (χ0n) is 10.2. The van der Waals surface area contributed by atoms with Gasteiger partial charge in [0.15, 0.2) is 0 Å². The Balaban J connectivity index is 2.36. The minimum absolute atomic E-state index is 0.0367. The molecule has 4 nitrogen and oxygen atoms in total. The molecule has 0 aromatic carbocycles. The standard InChI is InChI=1S/C12H21N3O/c1-4-7-10(2)13-12(16)11(3)14-15-8-5-6-9-15/h5-6,8-11,14H,4,7H2,1-3H3,(H,13,16). The van der Waals surface area contributed by atoms with Gasteiger partial charge in [-0.25, -0.2) is 0 Å². The average molecular weight is 223 g/mol. The second-order valence-electron chi connectivity index (χ2n) is 4.14. The molecule has 0 spiro atoms. The van der Waals surface area contributed by atoms with Gasteiger partial charge in [0.05, 0.1) is 0 Å². The van der Waals surface area contributed by atoms with Crippen LogP contribution in [0.4, 0.5) is 0 Å². The van der Waals surface area contributed by atoms with Crippen LogP contribution in [0.5, 0.6) is 0 Å². The van der Waals surface area contributed by atoms with E-state index in [2.05, 4.69) is 17.7 Å². The molecule has 0 saturated heterocycles. The van der Waals surface area contributed by atoms with Crippen LogP contribution in [0.2, 0.25) is 0 Å². The molecule has 0 aliphatic carbocycles. The number of carbonyl (C=O) groups is 1. The largest absolute Gasteiger partial charge is 0.352 e. The summed E-state index contributed by atoms with van der Waals surface area (Å²) in [5.41, 5.74) is 3.07. The SMILES string of the molecule is CCCC(C)NC(=O)C(C)Nn1cccc1. The summed E-state index contributed by atoms with van der Waals surface area (Å²) >= 11 is 0. The lowest BCUT2D eigenvalue weighted by Crippen LogP contribution is -2.44. The number of amides is 1. The highest BCUT2D eigenvalue weighted by atomic mass is 16.2. The normalized spacial score (nSPS) is 14.2. The number of carbonyl (C=O) groups excluding carboxylic acids is 1. The molecule has 2 atom stereocenters. The number of aromatic nitrogens is 1. The van der Waals surface area contributed by atoms with E-state index in [9.17, 15) is 4.79 Å². The third-order valence-electron chi connectivity index (χ3n) is 2.45. The van der Waals surface area contributed by atoms with E-state index in [1.165, 1.54) is 0 Å². The van der Waals surface area contributed by atoms with Gasteiger partial charge in [-0.15, -0.1) is 0 Å². The van der Waals surface area contributed by atoms with Gasteiger partial charge in [-0.1, -0.05) is 13.3 Å². The van der Waals surface area contributed by atoms with Gasteiger partial charge < -0.3 is 10.7 Å². The van der Waals surface area contributed by atoms with E-state index < -0.39 is 0 Å². The Labute approximate surface area is 97.0 Å². The lowest BCUT2D eigenvalue weighted by molar-refractivity contribution is -0.122. The summed E-state index contributed by atoms with van der Waals surface area (Å²) in [5.74, 6) is 0.0367. The van der Waals surface area contributed by atoms with Crippen LogP contribution in [0.25, 0.3) is 0 Å². The summed E-state index contributed by atoms with van der Waals surface area (Å²) in [6, 6.07) is 3.84. The van der Waals surface area contributed by atoms with Crippen LogP contribution >= 0.6 is 0 Å². The predicted molar refractivity (Wildman–Crippen MR) is 65.8 cm³/mol. The van der Waals surface area contributed by atoms with Crippen molar-refractivity contribution in [2.24, 2.45) is 0 Å². The van der Waals surface area contributed by atoms with Gasteiger partial charge in [-0.2, -0.15) is 0 Å². The Kier molecular flexibility index (Phi) is 4.89. The van der Waals surface area contributed by atoms with Gasteiger partial charge in [-0.05, 0) is 32.4 Å². The highest BCUT2D eigenvalue weighted by molar-refractivity contribution is 5.82. The van der Waals surface area contributed by atoms with E-state index in [0.29, 0.717) is 0 Å². The van der Waals surface area contributed by atoms with Crippen molar-refractivity contribution in [1.82, 2.24) is 9.99 Å². The zero-order chi connectivity index (χ0) is 12.0. The van der Waals surface area contributed by atoms with Gasteiger partial charge in [0, 0.05) is 18.4 Å². The van der Waals surface area contributed by atoms with Crippen LogP contribution in [0.15, 0.2) is 24.5 Å². The lowest BCUT2D eigenvalue weighted by Gasteiger charge is -2.19. The smallest absolute Gasteiger partial charge is 0.244 e. The molecule has 0 saturated carbocycles. The number of nitrogens with zero attached hydrogens (tertiary/aromatic N) is 1. The molecular weight excluding hydrogens is 202 g/mol. The van der Waals surface area contributed by atoms with Crippen molar-refractivity contribution < 1.29 is 4.79 Å². The van der Waals surface area contributed by atoms with Crippen LogP contribution < -0.4 is 10.7 Å². The molecule has 90 valence electrons. The molecule has 1 rings (SSSR count). The first kappa shape index (κ1) is 12.6. The molecule has 2 N–H and O–H groups in total. The van der Waals surface area contributed by atoms with Crippen LogP contribution in [0.1, 0.15) is 33.6 Å². The minimum atomic E-state index is -0.230. The summed E-state index contributed by atoms with van der Waals surface area (Å²) in [6.45, 7) is 6.00. The molecule has 16 heavy (non-hydrogen) atoms. The highest BCUT2D eigenvalue weighted by Gasteiger charge is 2.14. The van der Waals surface area contributed by atoms with Crippen molar-refractivity contribution in [2.45, 2.75) is 45.7 Å². The first-order valence-electron chi connectivity index (χ1n) is 5.83. The summed E-state index contributed by atoms with van der Waals surface area (Å²) < 4.78 is 1.79. The van der Waals surface area contributed by atoms with Crippen molar-refractivity contribution >= 4 is 5.91 Å². The third kappa shape index (κ3) is 3.96. The highest BCUT2D eigenvalue weighted by Crippen LogP contribution is 1.96. The molecule has 1 amide bonds. The van der Waals surface area contributed by atoms with E-state index in [1.807, 2.05) is 38.4 Å². The van der Waals surface area contributed by atoms with Crippen molar-refractivity contribution in [2.75, 3.05) is 5.43 Å². The molecule has 1 heterocycles. The number of hydrogen-bond acceptors (Lipinski definition) is 2. The van der Waals surface area contributed by atoms with Crippen molar-refractivity contribution in [3.05, 3.63) is 24.5 Å². The van der Waals surface area contributed by atoms with E-state index >= 15 is 0 Å². The van der Waals surface area contributed by atoms with E-state index in [4.69, 9.17) is 0 Å². The molecular formula is C12H21N3O. The maximum absolute atomic E-state index is 11.8. The maximum Gasteiger partial charge on any atom is 0.244 e. The molecule has 1 aromatic rings. The van der Waals surface area contributed by atoms with E-state index in [1.54, 1.807) is 4.68 Å². The number of hydrogen-bond donors (Lipinski definition) is 2. The van der Waals surface area contributed by atoms with Crippen molar-refractivity contribution in [3.8, 4) is 0 Å². The Morgan fingerprint density at radius 2 is 1.94 bits per heavy atom. The Bertz CT molecular complexity index is 308. The van der Waals surface area contributed by atoms with Crippen molar-refractivity contribution in [1.29, 1.82) is 0 Å². The molecule has 0 fully saturated rings. The molecule has 1 aromatic heterocycles. The topological polar surface area (TPSA) is 46.1 Å². The maximum atomic E-state index is 11.8. The fraction of sp³-hybridized carbons (Fsp3) is 0.583. The minimum Gasteiger partial charge on any atom is -0.352 e.